The third-order valence-electron chi connectivity index (χ3n) is 5.92. The second-order valence-electron chi connectivity index (χ2n) is 8.00. The van der Waals surface area contributed by atoms with Crippen LogP contribution in [0.2, 0.25) is 0 Å². The molecule has 2 aromatic carbocycles. The Hall–Kier alpha value is -2.57. The van der Waals surface area contributed by atoms with Crippen LogP contribution in [0.3, 0.4) is 0 Å². The van der Waals surface area contributed by atoms with E-state index in [1.807, 2.05) is 18.2 Å². The number of hydrogen-bond donors (Lipinski definition) is 1. The summed E-state index contributed by atoms with van der Waals surface area (Å²) in [6.07, 6.45) is 9.14. The summed E-state index contributed by atoms with van der Waals surface area (Å²) in [5.74, 6) is 1.35. The average Bonchev–Trinajstić information content (AvgIpc) is 3.20. The van der Waals surface area contributed by atoms with Crippen molar-refractivity contribution in [3.05, 3.63) is 70.8 Å². The van der Waals surface area contributed by atoms with Gasteiger partial charge in [0.05, 0.1) is 0 Å². The third-order valence-corrected chi connectivity index (χ3v) is 5.92. The van der Waals surface area contributed by atoms with Gasteiger partial charge in [-0.05, 0) is 79.8 Å². The van der Waals surface area contributed by atoms with E-state index in [4.69, 9.17) is 10.00 Å². The van der Waals surface area contributed by atoms with Crippen molar-refractivity contribution in [1.29, 1.82) is 5.26 Å². The summed E-state index contributed by atoms with van der Waals surface area (Å²) in [7, 11) is 0. The second-order valence-corrected chi connectivity index (χ2v) is 8.00. The molecule has 1 aliphatic rings. The van der Waals surface area contributed by atoms with E-state index in [1.165, 1.54) is 35.1 Å². The van der Waals surface area contributed by atoms with E-state index >= 15 is 0 Å². The Morgan fingerprint density at radius 2 is 2.00 bits per heavy atom. The van der Waals surface area contributed by atoms with Crippen LogP contribution in [-0.2, 0) is 0 Å². The van der Waals surface area contributed by atoms with Gasteiger partial charge in [-0.1, -0.05) is 49.4 Å². The van der Waals surface area contributed by atoms with Gasteiger partial charge in [-0.3, -0.25) is 0 Å². The van der Waals surface area contributed by atoms with E-state index in [0.717, 1.165) is 18.6 Å². The summed E-state index contributed by atoms with van der Waals surface area (Å²) in [5.41, 5.74) is 5.45. The minimum atomic E-state index is 0.0983. The van der Waals surface area contributed by atoms with Gasteiger partial charge in [0.2, 0.25) is 0 Å². The van der Waals surface area contributed by atoms with Gasteiger partial charge in [0.15, 0.2) is 6.61 Å². The highest BCUT2D eigenvalue weighted by atomic mass is 16.5. The number of hydrogen-bond acceptors (Lipinski definition) is 3. The molecular formula is C26H32N2O. The molecule has 0 aliphatic heterocycles. The molecule has 0 saturated heterocycles. The molecule has 0 heterocycles. The predicted molar refractivity (Wildman–Crippen MR) is 120 cm³/mol. The van der Waals surface area contributed by atoms with Crippen LogP contribution >= 0.6 is 0 Å². The van der Waals surface area contributed by atoms with Gasteiger partial charge in [-0.25, -0.2) is 0 Å². The van der Waals surface area contributed by atoms with Gasteiger partial charge in [0.1, 0.15) is 11.8 Å². The predicted octanol–water partition coefficient (Wildman–Crippen LogP) is 6.31. The van der Waals surface area contributed by atoms with Crippen molar-refractivity contribution in [2.24, 2.45) is 0 Å². The monoisotopic (exact) mass is 388 g/mol. The van der Waals surface area contributed by atoms with Crippen molar-refractivity contribution < 1.29 is 4.74 Å². The molecule has 1 aliphatic carbocycles. The van der Waals surface area contributed by atoms with Gasteiger partial charge in [0, 0.05) is 12.1 Å². The van der Waals surface area contributed by atoms with Crippen molar-refractivity contribution in [1.82, 2.24) is 5.32 Å². The zero-order chi connectivity index (χ0) is 20.6. The second kappa shape index (κ2) is 10.3. The number of nitrogens with zero attached hydrogens (tertiary/aromatic N) is 1. The normalized spacial score (nSPS) is 19.9. The van der Waals surface area contributed by atoms with Crippen LogP contribution < -0.4 is 10.1 Å². The van der Waals surface area contributed by atoms with Crippen LogP contribution in [0.5, 0.6) is 5.75 Å². The van der Waals surface area contributed by atoms with Gasteiger partial charge in [-0.2, -0.15) is 5.26 Å². The highest BCUT2D eigenvalue weighted by Gasteiger charge is 2.27. The van der Waals surface area contributed by atoms with E-state index in [-0.39, 0.29) is 6.61 Å². The molecule has 2 aromatic rings. The topological polar surface area (TPSA) is 45.0 Å². The highest BCUT2D eigenvalue weighted by Crippen LogP contribution is 2.36. The SMILES string of the molecule is CC/C=C\c1c(C)cccc1[C@@H](C)N[C@H]1CC[C@@H](c2ccc(OCC#N)cc2)C1. The Kier molecular flexibility index (Phi) is 7.49. The van der Waals surface area contributed by atoms with Gasteiger partial charge < -0.3 is 10.1 Å². The fraction of sp³-hybridized carbons (Fsp3) is 0.423. The Morgan fingerprint density at radius 3 is 2.72 bits per heavy atom. The molecule has 3 heteroatoms. The molecule has 0 amide bonds. The first-order valence-corrected chi connectivity index (χ1v) is 10.7. The number of allylic oxidation sites excluding steroid dienone is 1. The lowest BCUT2D eigenvalue weighted by atomic mass is 9.95. The molecule has 0 spiro atoms. The molecule has 3 atom stereocenters. The lowest BCUT2D eigenvalue weighted by Crippen LogP contribution is -2.29. The lowest BCUT2D eigenvalue weighted by Gasteiger charge is -2.23. The van der Waals surface area contributed by atoms with Crippen LogP contribution in [-0.4, -0.2) is 12.6 Å². The fourth-order valence-electron chi connectivity index (χ4n) is 4.38. The Morgan fingerprint density at radius 1 is 1.21 bits per heavy atom. The summed E-state index contributed by atoms with van der Waals surface area (Å²) < 4.78 is 5.37. The summed E-state index contributed by atoms with van der Waals surface area (Å²) in [4.78, 5) is 0. The summed E-state index contributed by atoms with van der Waals surface area (Å²) >= 11 is 0. The molecule has 1 saturated carbocycles. The number of ether oxygens (including phenoxy) is 1. The zero-order valence-electron chi connectivity index (χ0n) is 17.8. The number of rotatable bonds is 8. The van der Waals surface area contributed by atoms with Crippen LogP contribution in [0.4, 0.5) is 0 Å². The Labute approximate surface area is 175 Å². The molecular weight excluding hydrogens is 356 g/mol. The molecule has 0 aromatic heterocycles. The maximum Gasteiger partial charge on any atom is 0.174 e. The molecule has 0 bridgehead atoms. The van der Waals surface area contributed by atoms with E-state index in [2.05, 4.69) is 68.6 Å². The van der Waals surface area contributed by atoms with E-state index < -0.39 is 0 Å². The maximum atomic E-state index is 8.63. The Balaban J connectivity index is 1.62. The smallest absolute Gasteiger partial charge is 0.174 e. The number of aryl methyl sites for hydroxylation is 1. The third kappa shape index (κ3) is 5.49. The average molecular weight is 389 g/mol. The molecule has 1 fully saturated rings. The number of nitriles is 1. The van der Waals surface area contributed by atoms with Gasteiger partial charge in [0.25, 0.3) is 0 Å². The number of benzene rings is 2. The molecule has 3 rings (SSSR count). The molecule has 0 radical (unpaired) electrons. The van der Waals surface area contributed by atoms with Crippen LogP contribution in [0.25, 0.3) is 6.08 Å². The standard InChI is InChI=1S/C26H32N2O/c1-4-5-8-25-19(2)7-6-9-26(25)20(3)28-23-13-10-22(18-23)21-11-14-24(15-12-21)29-17-16-27/h5-9,11-12,14-15,20,22-23,28H,4,10,13,17-18H2,1-3H3/b8-5-/t20-,22-,23+/m1/s1. The van der Waals surface area contributed by atoms with Crippen molar-refractivity contribution >= 4 is 6.08 Å². The minimum Gasteiger partial charge on any atom is -0.479 e. The molecule has 152 valence electrons. The summed E-state index contributed by atoms with van der Waals surface area (Å²) in [5, 5.41) is 12.5. The van der Waals surface area contributed by atoms with E-state index in [0.29, 0.717) is 18.0 Å². The minimum absolute atomic E-state index is 0.0983. The van der Waals surface area contributed by atoms with Crippen LogP contribution in [0.15, 0.2) is 48.5 Å². The molecule has 3 nitrogen and oxygen atoms in total. The van der Waals surface area contributed by atoms with Gasteiger partial charge in [-0.15, -0.1) is 0 Å². The largest absolute Gasteiger partial charge is 0.479 e. The maximum absolute atomic E-state index is 8.63. The first kappa shape index (κ1) is 21.1. The van der Waals surface area contributed by atoms with Gasteiger partial charge >= 0.3 is 0 Å². The highest BCUT2D eigenvalue weighted by molar-refractivity contribution is 5.58. The first-order chi connectivity index (χ1) is 14.1. The van der Waals surface area contributed by atoms with E-state index in [9.17, 15) is 0 Å². The van der Waals surface area contributed by atoms with Crippen molar-refractivity contribution in [3.8, 4) is 11.8 Å². The number of nitrogens with one attached hydrogen (secondary N) is 1. The van der Waals surface area contributed by atoms with Crippen LogP contribution in [0, 0.1) is 18.3 Å². The summed E-state index contributed by atoms with van der Waals surface area (Å²) in [6.45, 7) is 6.76. The molecule has 0 unspecified atom stereocenters. The molecule has 29 heavy (non-hydrogen) atoms. The lowest BCUT2D eigenvalue weighted by molar-refractivity contribution is 0.368. The first-order valence-electron chi connectivity index (χ1n) is 10.7. The van der Waals surface area contributed by atoms with Crippen molar-refractivity contribution in [2.45, 2.75) is 64.5 Å². The van der Waals surface area contributed by atoms with E-state index in [1.54, 1.807) is 0 Å². The van der Waals surface area contributed by atoms with Crippen molar-refractivity contribution in [3.63, 3.8) is 0 Å². The summed E-state index contributed by atoms with van der Waals surface area (Å²) in [6, 6.07) is 17.8. The van der Waals surface area contributed by atoms with Crippen molar-refractivity contribution in [2.75, 3.05) is 6.61 Å². The fourth-order valence-corrected chi connectivity index (χ4v) is 4.38. The Bertz CT molecular complexity index is 863. The zero-order valence-corrected chi connectivity index (χ0v) is 17.8. The van der Waals surface area contributed by atoms with Crippen LogP contribution in [0.1, 0.15) is 73.7 Å². The quantitative estimate of drug-likeness (QED) is 0.576. The molecule has 1 N–H and O–H groups in total.